The standard InChI is InChI=1S/C14H22N2O2/c1-10-5-6-12(17-3)11(9-10)13(16-15)14(2)7-4-8-18-14/h5-6,9,13,16H,4,7-8,15H2,1-3H3. The van der Waals surface area contributed by atoms with Crippen LogP contribution in [0.5, 0.6) is 5.75 Å². The van der Waals surface area contributed by atoms with Gasteiger partial charge in [-0.3, -0.25) is 5.84 Å². The Morgan fingerprint density at radius 2 is 2.28 bits per heavy atom. The lowest BCUT2D eigenvalue weighted by molar-refractivity contribution is -0.0131. The van der Waals surface area contributed by atoms with Crippen LogP contribution >= 0.6 is 0 Å². The summed E-state index contributed by atoms with van der Waals surface area (Å²) >= 11 is 0. The van der Waals surface area contributed by atoms with Crippen LogP contribution in [0.25, 0.3) is 0 Å². The first kappa shape index (κ1) is 13.3. The molecule has 1 aromatic carbocycles. The predicted octanol–water partition coefficient (Wildman–Crippen LogP) is 2.08. The van der Waals surface area contributed by atoms with Gasteiger partial charge in [-0.2, -0.15) is 0 Å². The quantitative estimate of drug-likeness (QED) is 0.634. The minimum atomic E-state index is -0.268. The van der Waals surface area contributed by atoms with Crippen LogP contribution in [-0.4, -0.2) is 19.3 Å². The molecule has 1 aliphatic heterocycles. The van der Waals surface area contributed by atoms with E-state index in [-0.39, 0.29) is 11.6 Å². The molecule has 18 heavy (non-hydrogen) atoms. The molecule has 1 heterocycles. The Morgan fingerprint density at radius 1 is 1.50 bits per heavy atom. The van der Waals surface area contributed by atoms with Gasteiger partial charge in [0.05, 0.1) is 18.8 Å². The fraction of sp³-hybridized carbons (Fsp3) is 0.571. The highest BCUT2D eigenvalue weighted by Gasteiger charge is 2.40. The number of methoxy groups -OCH3 is 1. The van der Waals surface area contributed by atoms with Crippen molar-refractivity contribution in [2.45, 2.75) is 38.3 Å². The van der Waals surface area contributed by atoms with E-state index in [0.717, 1.165) is 30.8 Å². The third-order valence-electron chi connectivity index (χ3n) is 3.72. The van der Waals surface area contributed by atoms with Gasteiger partial charge >= 0.3 is 0 Å². The summed E-state index contributed by atoms with van der Waals surface area (Å²) in [5.74, 6) is 6.61. The molecule has 100 valence electrons. The first-order chi connectivity index (χ1) is 8.60. The molecule has 0 saturated carbocycles. The number of ether oxygens (including phenoxy) is 2. The smallest absolute Gasteiger partial charge is 0.123 e. The van der Waals surface area contributed by atoms with Crippen molar-refractivity contribution in [3.8, 4) is 5.75 Å². The van der Waals surface area contributed by atoms with Crippen molar-refractivity contribution in [2.75, 3.05) is 13.7 Å². The number of hydrogen-bond acceptors (Lipinski definition) is 4. The molecule has 1 fully saturated rings. The third-order valence-corrected chi connectivity index (χ3v) is 3.72. The second-order valence-electron chi connectivity index (χ2n) is 5.11. The van der Waals surface area contributed by atoms with E-state index in [9.17, 15) is 0 Å². The summed E-state index contributed by atoms with van der Waals surface area (Å²) in [5.41, 5.74) is 4.88. The lowest BCUT2D eigenvalue weighted by Crippen LogP contribution is -2.44. The highest BCUT2D eigenvalue weighted by molar-refractivity contribution is 5.40. The van der Waals surface area contributed by atoms with Crippen molar-refractivity contribution in [3.05, 3.63) is 29.3 Å². The molecule has 2 atom stereocenters. The first-order valence-electron chi connectivity index (χ1n) is 6.35. The lowest BCUT2D eigenvalue weighted by atomic mass is 9.87. The minimum Gasteiger partial charge on any atom is -0.496 e. The molecule has 0 bridgehead atoms. The number of hydrogen-bond donors (Lipinski definition) is 2. The maximum Gasteiger partial charge on any atom is 0.123 e. The van der Waals surface area contributed by atoms with E-state index in [2.05, 4.69) is 25.3 Å². The topological polar surface area (TPSA) is 56.5 Å². The summed E-state index contributed by atoms with van der Waals surface area (Å²) in [5, 5.41) is 0. The van der Waals surface area contributed by atoms with Crippen LogP contribution in [0.1, 0.15) is 36.9 Å². The van der Waals surface area contributed by atoms with E-state index < -0.39 is 0 Å². The lowest BCUT2D eigenvalue weighted by Gasteiger charge is -2.34. The van der Waals surface area contributed by atoms with E-state index in [1.165, 1.54) is 5.56 Å². The summed E-state index contributed by atoms with van der Waals surface area (Å²) in [6.07, 6.45) is 2.07. The van der Waals surface area contributed by atoms with E-state index in [1.807, 2.05) is 12.1 Å². The average Bonchev–Trinajstić information content (AvgIpc) is 2.78. The van der Waals surface area contributed by atoms with Crippen LogP contribution in [0.2, 0.25) is 0 Å². The fourth-order valence-electron chi connectivity index (χ4n) is 2.70. The second kappa shape index (κ2) is 5.26. The molecular formula is C14H22N2O2. The molecule has 4 heteroatoms. The van der Waals surface area contributed by atoms with Gasteiger partial charge in [-0.1, -0.05) is 17.7 Å². The molecule has 0 radical (unpaired) electrons. The van der Waals surface area contributed by atoms with Gasteiger partial charge < -0.3 is 9.47 Å². The Morgan fingerprint density at radius 3 is 2.83 bits per heavy atom. The van der Waals surface area contributed by atoms with Crippen molar-refractivity contribution >= 4 is 0 Å². The number of aryl methyl sites for hydroxylation is 1. The molecule has 0 aliphatic carbocycles. The summed E-state index contributed by atoms with van der Waals surface area (Å²) < 4.78 is 11.3. The zero-order valence-electron chi connectivity index (χ0n) is 11.3. The predicted molar refractivity (Wildman–Crippen MR) is 71.4 cm³/mol. The number of nitrogens with one attached hydrogen (secondary N) is 1. The van der Waals surface area contributed by atoms with Crippen LogP contribution in [-0.2, 0) is 4.74 Å². The molecular weight excluding hydrogens is 228 g/mol. The minimum absolute atomic E-state index is 0.0603. The molecule has 1 saturated heterocycles. The SMILES string of the molecule is COc1ccc(C)cc1C(NN)C1(C)CCCO1. The molecule has 0 amide bonds. The van der Waals surface area contributed by atoms with E-state index in [0.29, 0.717) is 0 Å². The van der Waals surface area contributed by atoms with Crippen molar-refractivity contribution < 1.29 is 9.47 Å². The van der Waals surface area contributed by atoms with Crippen molar-refractivity contribution in [1.29, 1.82) is 0 Å². The van der Waals surface area contributed by atoms with Gasteiger partial charge in [0, 0.05) is 12.2 Å². The highest BCUT2D eigenvalue weighted by atomic mass is 16.5. The molecule has 2 unspecified atom stereocenters. The maximum atomic E-state index is 5.89. The van der Waals surface area contributed by atoms with E-state index in [4.69, 9.17) is 15.3 Å². The van der Waals surface area contributed by atoms with Gasteiger partial charge in [0.2, 0.25) is 0 Å². The Labute approximate surface area is 108 Å². The summed E-state index contributed by atoms with van der Waals surface area (Å²) in [7, 11) is 1.68. The molecule has 2 rings (SSSR count). The zero-order chi connectivity index (χ0) is 13.2. The van der Waals surface area contributed by atoms with Gasteiger partial charge in [0.25, 0.3) is 0 Å². The Balaban J connectivity index is 2.40. The van der Waals surface area contributed by atoms with Gasteiger partial charge in [0.1, 0.15) is 5.75 Å². The normalized spacial score (nSPS) is 25.1. The number of nitrogens with two attached hydrogens (primary N) is 1. The molecule has 1 aromatic rings. The van der Waals surface area contributed by atoms with Crippen LogP contribution in [0.4, 0.5) is 0 Å². The third kappa shape index (κ3) is 2.36. The van der Waals surface area contributed by atoms with Crippen LogP contribution < -0.4 is 16.0 Å². The Bertz CT molecular complexity index is 414. The van der Waals surface area contributed by atoms with E-state index in [1.54, 1.807) is 7.11 Å². The van der Waals surface area contributed by atoms with Crippen LogP contribution in [0, 0.1) is 6.92 Å². The molecule has 3 N–H and O–H groups in total. The zero-order valence-corrected chi connectivity index (χ0v) is 11.3. The van der Waals surface area contributed by atoms with Crippen LogP contribution in [0.15, 0.2) is 18.2 Å². The molecule has 1 aliphatic rings. The monoisotopic (exact) mass is 250 g/mol. The average molecular weight is 250 g/mol. The van der Waals surface area contributed by atoms with Crippen molar-refractivity contribution in [3.63, 3.8) is 0 Å². The van der Waals surface area contributed by atoms with Gasteiger partial charge in [-0.25, -0.2) is 5.43 Å². The highest BCUT2D eigenvalue weighted by Crippen LogP contribution is 2.40. The van der Waals surface area contributed by atoms with Crippen molar-refractivity contribution in [1.82, 2.24) is 5.43 Å². The largest absolute Gasteiger partial charge is 0.496 e. The summed E-state index contributed by atoms with van der Waals surface area (Å²) in [4.78, 5) is 0. The first-order valence-corrected chi connectivity index (χ1v) is 6.35. The Kier molecular flexibility index (Phi) is 3.90. The second-order valence-corrected chi connectivity index (χ2v) is 5.11. The van der Waals surface area contributed by atoms with Gasteiger partial charge in [-0.15, -0.1) is 0 Å². The number of rotatable bonds is 4. The van der Waals surface area contributed by atoms with Crippen LogP contribution in [0.3, 0.4) is 0 Å². The number of benzene rings is 1. The fourth-order valence-corrected chi connectivity index (χ4v) is 2.70. The molecule has 4 nitrogen and oxygen atoms in total. The maximum absolute atomic E-state index is 5.89. The summed E-state index contributed by atoms with van der Waals surface area (Å²) in [6, 6.07) is 6.06. The van der Waals surface area contributed by atoms with Gasteiger partial charge in [0.15, 0.2) is 0 Å². The summed E-state index contributed by atoms with van der Waals surface area (Å²) in [6.45, 7) is 4.96. The molecule has 0 spiro atoms. The van der Waals surface area contributed by atoms with Gasteiger partial charge in [-0.05, 0) is 32.8 Å². The van der Waals surface area contributed by atoms with E-state index >= 15 is 0 Å². The molecule has 0 aromatic heterocycles. The Hall–Kier alpha value is -1.10. The van der Waals surface area contributed by atoms with Crippen molar-refractivity contribution in [2.24, 2.45) is 5.84 Å². The number of hydrazine groups is 1.